The Morgan fingerprint density at radius 1 is 1.05 bits per heavy atom. The van der Waals surface area contributed by atoms with Gasteiger partial charge in [-0.05, 0) is 31.0 Å². The summed E-state index contributed by atoms with van der Waals surface area (Å²) in [4.78, 5) is 8.91. The fraction of sp³-hybridized carbons (Fsp3) is 0.333. The first-order valence-electron chi connectivity index (χ1n) is 6.82. The minimum absolute atomic E-state index is 0.610. The minimum Gasteiger partial charge on any atom is -0.373 e. The second-order valence-electron chi connectivity index (χ2n) is 4.76. The number of rotatable bonds is 5. The lowest BCUT2D eigenvalue weighted by Crippen LogP contribution is -2.04. The van der Waals surface area contributed by atoms with Crippen molar-refractivity contribution in [3.05, 3.63) is 39.6 Å². The predicted octanol–water partition coefficient (Wildman–Crippen LogP) is 4.83. The van der Waals surface area contributed by atoms with Crippen LogP contribution in [-0.4, -0.2) is 17.0 Å². The van der Waals surface area contributed by atoms with Gasteiger partial charge in [0.05, 0.1) is 10.7 Å². The van der Waals surface area contributed by atoms with Crippen LogP contribution in [0, 0.1) is 6.92 Å². The molecule has 0 saturated carbocycles. The van der Waals surface area contributed by atoms with Crippen LogP contribution in [0.4, 0.5) is 17.3 Å². The number of nitrogens with zero attached hydrogens (tertiary/aromatic N) is 2. The van der Waals surface area contributed by atoms with E-state index in [0.29, 0.717) is 15.9 Å². The number of benzene rings is 1. The number of hydrogen-bond acceptors (Lipinski definition) is 4. The van der Waals surface area contributed by atoms with Crippen molar-refractivity contribution in [2.75, 3.05) is 17.7 Å². The summed E-state index contributed by atoms with van der Waals surface area (Å²) < 4.78 is 0. The van der Waals surface area contributed by atoms with Crippen molar-refractivity contribution < 1.29 is 0 Å². The van der Waals surface area contributed by atoms with Crippen LogP contribution in [0.1, 0.15) is 24.7 Å². The van der Waals surface area contributed by atoms with Crippen molar-refractivity contribution in [3.8, 4) is 0 Å². The Kier molecular flexibility index (Phi) is 5.26. The third-order valence-electron chi connectivity index (χ3n) is 3.01. The van der Waals surface area contributed by atoms with E-state index in [2.05, 4.69) is 27.5 Å². The molecule has 0 bridgehead atoms. The molecule has 6 heteroatoms. The van der Waals surface area contributed by atoms with Crippen molar-refractivity contribution in [3.63, 3.8) is 0 Å². The van der Waals surface area contributed by atoms with E-state index in [1.165, 1.54) is 0 Å². The Labute approximate surface area is 134 Å². The van der Waals surface area contributed by atoms with Gasteiger partial charge in [0, 0.05) is 24.6 Å². The fourth-order valence-electron chi connectivity index (χ4n) is 1.90. The maximum Gasteiger partial charge on any atom is 0.136 e. The van der Waals surface area contributed by atoms with E-state index in [1.807, 2.05) is 26.1 Å². The molecule has 0 aliphatic carbocycles. The summed E-state index contributed by atoms with van der Waals surface area (Å²) in [7, 11) is 1.83. The molecule has 0 aliphatic rings. The average molecular weight is 325 g/mol. The number of anilines is 3. The Balaban J connectivity index is 2.34. The maximum atomic E-state index is 6.25. The molecular weight excluding hydrogens is 307 g/mol. The molecule has 112 valence electrons. The summed E-state index contributed by atoms with van der Waals surface area (Å²) in [6.07, 6.45) is 1.82. The Morgan fingerprint density at radius 3 is 2.43 bits per heavy atom. The number of nitrogens with one attached hydrogen (secondary N) is 2. The first-order chi connectivity index (χ1) is 10.0. The molecule has 0 fully saturated rings. The highest BCUT2D eigenvalue weighted by Gasteiger charge is 2.08. The van der Waals surface area contributed by atoms with E-state index < -0.39 is 0 Å². The number of aromatic nitrogens is 2. The fourth-order valence-corrected chi connectivity index (χ4v) is 2.33. The lowest BCUT2D eigenvalue weighted by molar-refractivity contribution is 0.838. The van der Waals surface area contributed by atoms with Gasteiger partial charge in [0.15, 0.2) is 0 Å². The molecule has 0 unspecified atom stereocenters. The van der Waals surface area contributed by atoms with Crippen LogP contribution in [0.2, 0.25) is 10.0 Å². The van der Waals surface area contributed by atoms with Crippen LogP contribution in [0.25, 0.3) is 0 Å². The summed E-state index contributed by atoms with van der Waals surface area (Å²) >= 11 is 12.4. The molecular formula is C15H18Cl2N4. The van der Waals surface area contributed by atoms with E-state index in [9.17, 15) is 0 Å². The SMILES string of the molecule is CCCc1nc(NC)cc(Nc2cc(Cl)c(C)cc2Cl)n1. The molecule has 2 rings (SSSR count). The van der Waals surface area contributed by atoms with Crippen LogP contribution in [-0.2, 0) is 6.42 Å². The molecule has 0 saturated heterocycles. The van der Waals surface area contributed by atoms with E-state index in [-0.39, 0.29) is 0 Å². The molecule has 0 amide bonds. The van der Waals surface area contributed by atoms with Gasteiger partial charge in [-0.2, -0.15) is 0 Å². The summed E-state index contributed by atoms with van der Waals surface area (Å²) in [5.41, 5.74) is 1.67. The molecule has 0 radical (unpaired) electrons. The van der Waals surface area contributed by atoms with Gasteiger partial charge >= 0.3 is 0 Å². The molecule has 21 heavy (non-hydrogen) atoms. The van der Waals surface area contributed by atoms with Crippen molar-refractivity contribution in [1.82, 2.24) is 9.97 Å². The second kappa shape index (κ2) is 6.96. The first kappa shape index (κ1) is 15.9. The van der Waals surface area contributed by atoms with E-state index in [4.69, 9.17) is 23.2 Å². The summed E-state index contributed by atoms with van der Waals surface area (Å²) in [6.45, 7) is 4.01. The first-order valence-corrected chi connectivity index (χ1v) is 7.57. The van der Waals surface area contributed by atoms with Gasteiger partial charge in [-0.3, -0.25) is 0 Å². The zero-order valence-electron chi connectivity index (χ0n) is 12.3. The van der Waals surface area contributed by atoms with Gasteiger partial charge in [0.1, 0.15) is 17.5 Å². The van der Waals surface area contributed by atoms with Crippen molar-refractivity contribution >= 4 is 40.5 Å². The second-order valence-corrected chi connectivity index (χ2v) is 5.58. The summed E-state index contributed by atoms with van der Waals surface area (Å²) in [5, 5.41) is 7.52. The molecule has 2 N–H and O–H groups in total. The number of hydrogen-bond donors (Lipinski definition) is 2. The highest BCUT2D eigenvalue weighted by Crippen LogP contribution is 2.31. The van der Waals surface area contributed by atoms with Gasteiger partial charge in [-0.1, -0.05) is 30.1 Å². The Morgan fingerprint density at radius 2 is 1.76 bits per heavy atom. The number of aryl methyl sites for hydroxylation is 2. The lowest BCUT2D eigenvalue weighted by Gasteiger charge is -2.12. The highest BCUT2D eigenvalue weighted by atomic mass is 35.5. The molecule has 0 spiro atoms. The highest BCUT2D eigenvalue weighted by molar-refractivity contribution is 6.35. The summed E-state index contributed by atoms with van der Waals surface area (Å²) in [5.74, 6) is 2.26. The monoisotopic (exact) mass is 324 g/mol. The Hall–Kier alpha value is -1.52. The Bertz CT molecular complexity index is 644. The van der Waals surface area contributed by atoms with Gasteiger partial charge in [-0.15, -0.1) is 0 Å². The van der Waals surface area contributed by atoms with Crippen LogP contribution in [0.5, 0.6) is 0 Å². The normalized spacial score (nSPS) is 10.5. The third kappa shape index (κ3) is 3.99. The van der Waals surface area contributed by atoms with Crippen LogP contribution in [0.3, 0.4) is 0 Å². The summed E-state index contributed by atoms with van der Waals surface area (Å²) in [6, 6.07) is 5.47. The lowest BCUT2D eigenvalue weighted by atomic mass is 10.2. The molecule has 0 aliphatic heterocycles. The zero-order valence-corrected chi connectivity index (χ0v) is 13.8. The number of halogens is 2. The zero-order chi connectivity index (χ0) is 15.4. The van der Waals surface area contributed by atoms with Gasteiger partial charge < -0.3 is 10.6 Å². The van der Waals surface area contributed by atoms with Crippen molar-refractivity contribution in [2.45, 2.75) is 26.7 Å². The smallest absolute Gasteiger partial charge is 0.136 e. The van der Waals surface area contributed by atoms with Crippen LogP contribution >= 0.6 is 23.2 Å². The maximum absolute atomic E-state index is 6.25. The van der Waals surface area contributed by atoms with E-state index >= 15 is 0 Å². The largest absolute Gasteiger partial charge is 0.373 e. The molecule has 0 atom stereocenters. The van der Waals surface area contributed by atoms with Crippen LogP contribution in [0.15, 0.2) is 18.2 Å². The van der Waals surface area contributed by atoms with Crippen molar-refractivity contribution in [1.29, 1.82) is 0 Å². The van der Waals surface area contributed by atoms with Gasteiger partial charge in [-0.25, -0.2) is 9.97 Å². The van der Waals surface area contributed by atoms with Gasteiger partial charge in [0.2, 0.25) is 0 Å². The van der Waals surface area contributed by atoms with E-state index in [1.54, 1.807) is 6.07 Å². The van der Waals surface area contributed by atoms with E-state index in [0.717, 1.165) is 35.7 Å². The molecule has 4 nitrogen and oxygen atoms in total. The van der Waals surface area contributed by atoms with Gasteiger partial charge in [0.25, 0.3) is 0 Å². The molecule has 1 aromatic carbocycles. The standard InChI is InChI=1S/C15H18Cl2N4/c1-4-5-13-20-14(18-3)8-15(21-13)19-12-7-10(16)9(2)6-11(12)17/h6-8H,4-5H2,1-3H3,(H2,18,19,20,21). The quantitative estimate of drug-likeness (QED) is 0.827. The topological polar surface area (TPSA) is 49.8 Å². The molecule has 2 aromatic rings. The third-order valence-corrected chi connectivity index (χ3v) is 3.73. The predicted molar refractivity (Wildman–Crippen MR) is 90.1 cm³/mol. The minimum atomic E-state index is 0.610. The molecule has 1 heterocycles. The van der Waals surface area contributed by atoms with Crippen LogP contribution < -0.4 is 10.6 Å². The average Bonchev–Trinajstić information content (AvgIpc) is 2.45. The molecule has 1 aromatic heterocycles. The van der Waals surface area contributed by atoms with Crippen molar-refractivity contribution in [2.24, 2.45) is 0 Å².